The van der Waals surface area contributed by atoms with Crippen molar-refractivity contribution in [3.05, 3.63) is 34.9 Å². The molecule has 0 aromatic heterocycles. The zero-order valence-electron chi connectivity index (χ0n) is 13.8. The minimum atomic E-state index is 0.0161. The second-order valence-electron chi connectivity index (χ2n) is 7.28. The van der Waals surface area contributed by atoms with Crippen molar-refractivity contribution < 1.29 is 4.79 Å². The molecule has 0 radical (unpaired) electrons. The lowest BCUT2D eigenvalue weighted by molar-refractivity contribution is -0.127. The lowest BCUT2D eigenvalue weighted by atomic mass is 9.82. The Bertz CT molecular complexity index is 487. The fraction of sp³-hybridized carbons (Fsp3) is 0.611. The number of amides is 1. The standard InChI is InChI=1S/C18H27ClN2O/c1-18(2,3)16(12-13-4-6-15(19)7-5-13)21-17(22)14-8-10-20-11-9-14/h4-7,14,16,20H,8-12H2,1-3H3,(H,21,22)/t16-/m1/s1. The molecule has 22 heavy (non-hydrogen) atoms. The molecule has 0 spiro atoms. The molecule has 1 aliphatic rings. The Balaban J connectivity index is 2.02. The van der Waals surface area contributed by atoms with Gasteiger partial charge in [-0.25, -0.2) is 0 Å². The molecule has 1 saturated heterocycles. The summed E-state index contributed by atoms with van der Waals surface area (Å²) < 4.78 is 0. The maximum absolute atomic E-state index is 12.5. The maximum Gasteiger partial charge on any atom is 0.223 e. The molecule has 1 aromatic carbocycles. The molecule has 1 atom stereocenters. The molecule has 1 fully saturated rings. The molecule has 2 N–H and O–H groups in total. The minimum absolute atomic E-state index is 0.0161. The minimum Gasteiger partial charge on any atom is -0.352 e. The smallest absolute Gasteiger partial charge is 0.223 e. The number of benzene rings is 1. The topological polar surface area (TPSA) is 41.1 Å². The summed E-state index contributed by atoms with van der Waals surface area (Å²) in [5.74, 6) is 0.353. The first kappa shape index (κ1) is 17.3. The van der Waals surface area contributed by atoms with E-state index in [-0.39, 0.29) is 23.3 Å². The van der Waals surface area contributed by atoms with Crippen LogP contribution in [-0.4, -0.2) is 25.0 Å². The summed E-state index contributed by atoms with van der Waals surface area (Å²) in [7, 11) is 0. The molecule has 3 nitrogen and oxygen atoms in total. The zero-order valence-corrected chi connectivity index (χ0v) is 14.5. The molecular weight excluding hydrogens is 296 g/mol. The monoisotopic (exact) mass is 322 g/mol. The summed E-state index contributed by atoms with van der Waals surface area (Å²) in [5, 5.41) is 7.34. The molecule has 122 valence electrons. The summed E-state index contributed by atoms with van der Waals surface area (Å²) >= 11 is 5.95. The van der Waals surface area contributed by atoms with E-state index in [1.807, 2.05) is 24.3 Å². The molecular formula is C18H27ClN2O. The van der Waals surface area contributed by atoms with Crippen LogP contribution in [0.1, 0.15) is 39.2 Å². The molecule has 2 rings (SSSR count). The predicted molar refractivity (Wildman–Crippen MR) is 92.1 cm³/mol. The van der Waals surface area contributed by atoms with Crippen LogP contribution in [0.25, 0.3) is 0 Å². The first-order valence-corrected chi connectivity index (χ1v) is 8.49. The quantitative estimate of drug-likeness (QED) is 0.892. The molecule has 4 heteroatoms. The van der Waals surface area contributed by atoms with Crippen LogP contribution in [0.4, 0.5) is 0 Å². The molecule has 1 aliphatic heterocycles. The van der Waals surface area contributed by atoms with Crippen LogP contribution in [0.3, 0.4) is 0 Å². The second-order valence-corrected chi connectivity index (χ2v) is 7.72. The van der Waals surface area contributed by atoms with E-state index in [1.165, 1.54) is 5.56 Å². The van der Waals surface area contributed by atoms with E-state index in [0.29, 0.717) is 0 Å². The molecule has 0 bridgehead atoms. The number of piperidine rings is 1. The van der Waals surface area contributed by atoms with Gasteiger partial charge in [0.25, 0.3) is 0 Å². The summed E-state index contributed by atoms with van der Waals surface area (Å²) in [6.45, 7) is 8.41. The van der Waals surface area contributed by atoms with Gasteiger partial charge in [0.2, 0.25) is 5.91 Å². The SMILES string of the molecule is CC(C)(C)[C@@H](Cc1ccc(Cl)cc1)NC(=O)C1CCNCC1. The Labute approximate surface area is 138 Å². The van der Waals surface area contributed by atoms with Crippen molar-refractivity contribution in [2.75, 3.05) is 13.1 Å². The van der Waals surface area contributed by atoms with Crippen LogP contribution in [-0.2, 0) is 11.2 Å². The fourth-order valence-corrected chi connectivity index (χ4v) is 2.93. The van der Waals surface area contributed by atoms with Crippen LogP contribution < -0.4 is 10.6 Å². The Morgan fingerprint density at radius 2 is 1.86 bits per heavy atom. The third kappa shape index (κ3) is 4.99. The van der Waals surface area contributed by atoms with Crippen molar-refractivity contribution >= 4 is 17.5 Å². The van der Waals surface area contributed by atoms with E-state index in [1.54, 1.807) is 0 Å². The average molecular weight is 323 g/mol. The first-order chi connectivity index (χ1) is 10.4. The van der Waals surface area contributed by atoms with Gasteiger partial charge in [0.15, 0.2) is 0 Å². The van der Waals surface area contributed by atoms with Gasteiger partial charge in [-0.2, -0.15) is 0 Å². The highest BCUT2D eigenvalue weighted by atomic mass is 35.5. The summed E-state index contributed by atoms with van der Waals surface area (Å²) in [5.41, 5.74) is 1.22. The van der Waals surface area contributed by atoms with Crippen LogP contribution >= 0.6 is 11.6 Å². The highest BCUT2D eigenvalue weighted by Gasteiger charge is 2.29. The lowest BCUT2D eigenvalue weighted by Crippen LogP contribution is -2.48. The largest absolute Gasteiger partial charge is 0.352 e. The number of carbonyl (C=O) groups excluding carboxylic acids is 1. The number of rotatable bonds is 4. The zero-order chi connectivity index (χ0) is 16.2. The number of hydrogen-bond donors (Lipinski definition) is 2. The van der Waals surface area contributed by atoms with Gasteiger partial charge in [0.05, 0.1) is 0 Å². The van der Waals surface area contributed by atoms with E-state index in [9.17, 15) is 4.79 Å². The van der Waals surface area contributed by atoms with Crippen molar-refractivity contribution in [3.8, 4) is 0 Å². The normalized spacial score (nSPS) is 18.0. The number of halogens is 1. The van der Waals surface area contributed by atoms with E-state index in [0.717, 1.165) is 37.4 Å². The van der Waals surface area contributed by atoms with Crippen molar-refractivity contribution in [1.29, 1.82) is 0 Å². The van der Waals surface area contributed by atoms with Gasteiger partial charge in [-0.3, -0.25) is 4.79 Å². The average Bonchev–Trinajstić information content (AvgIpc) is 2.48. The van der Waals surface area contributed by atoms with Crippen LogP contribution in [0.15, 0.2) is 24.3 Å². The van der Waals surface area contributed by atoms with Crippen molar-refractivity contribution in [2.24, 2.45) is 11.3 Å². The highest BCUT2D eigenvalue weighted by Crippen LogP contribution is 2.24. The van der Waals surface area contributed by atoms with E-state index in [2.05, 4.69) is 31.4 Å². The number of hydrogen-bond acceptors (Lipinski definition) is 2. The summed E-state index contributed by atoms with van der Waals surface area (Å²) in [6, 6.07) is 8.02. The van der Waals surface area contributed by atoms with Gasteiger partial charge < -0.3 is 10.6 Å². The highest BCUT2D eigenvalue weighted by molar-refractivity contribution is 6.30. The molecule has 0 unspecified atom stereocenters. The van der Waals surface area contributed by atoms with Crippen LogP contribution in [0, 0.1) is 11.3 Å². The molecule has 1 amide bonds. The Hall–Kier alpha value is -1.06. The summed E-state index contributed by atoms with van der Waals surface area (Å²) in [4.78, 5) is 12.5. The number of nitrogens with one attached hydrogen (secondary N) is 2. The van der Waals surface area contributed by atoms with Gasteiger partial charge in [-0.1, -0.05) is 44.5 Å². The molecule has 1 heterocycles. The van der Waals surface area contributed by atoms with Crippen molar-refractivity contribution in [1.82, 2.24) is 10.6 Å². The van der Waals surface area contributed by atoms with Gasteiger partial charge in [-0.15, -0.1) is 0 Å². The predicted octanol–water partition coefficient (Wildman–Crippen LogP) is 3.41. The van der Waals surface area contributed by atoms with Gasteiger partial charge in [0.1, 0.15) is 0 Å². The van der Waals surface area contributed by atoms with Crippen molar-refractivity contribution in [3.63, 3.8) is 0 Å². The van der Waals surface area contributed by atoms with Crippen LogP contribution in [0.2, 0.25) is 5.02 Å². The molecule has 0 aliphatic carbocycles. The third-order valence-corrected chi connectivity index (χ3v) is 4.68. The van der Waals surface area contributed by atoms with E-state index < -0.39 is 0 Å². The van der Waals surface area contributed by atoms with Gasteiger partial charge >= 0.3 is 0 Å². The van der Waals surface area contributed by atoms with E-state index >= 15 is 0 Å². The van der Waals surface area contributed by atoms with Crippen molar-refractivity contribution in [2.45, 2.75) is 46.1 Å². The second kappa shape index (κ2) is 7.47. The maximum atomic E-state index is 12.5. The molecule has 0 saturated carbocycles. The Kier molecular flexibility index (Phi) is 5.87. The third-order valence-electron chi connectivity index (χ3n) is 4.42. The lowest BCUT2D eigenvalue weighted by Gasteiger charge is -2.34. The van der Waals surface area contributed by atoms with Crippen LogP contribution in [0.5, 0.6) is 0 Å². The van der Waals surface area contributed by atoms with E-state index in [4.69, 9.17) is 11.6 Å². The Morgan fingerprint density at radius 1 is 1.27 bits per heavy atom. The summed E-state index contributed by atoms with van der Waals surface area (Å²) in [6.07, 6.45) is 2.70. The first-order valence-electron chi connectivity index (χ1n) is 8.12. The Morgan fingerprint density at radius 3 is 2.41 bits per heavy atom. The fourth-order valence-electron chi connectivity index (χ4n) is 2.80. The van der Waals surface area contributed by atoms with Gasteiger partial charge in [-0.05, 0) is 55.5 Å². The van der Waals surface area contributed by atoms with Gasteiger partial charge in [0, 0.05) is 17.0 Å². The molecule has 1 aromatic rings. The number of carbonyl (C=O) groups is 1.